The lowest BCUT2D eigenvalue weighted by Crippen LogP contribution is -2.26. The zero-order chi connectivity index (χ0) is 13.0. The molecule has 0 amide bonds. The summed E-state index contributed by atoms with van der Waals surface area (Å²) in [6.07, 6.45) is -0.0199. The first-order chi connectivity index (χ1) is 9.14. The lowest BCUT2D eigenvalue weighted by atomic mass is 10.0. The number of alkyl halides is 2. The van der Waals surface area contributed by atoms with Gasteiger partial charge in [-0.25, -0.2) is 0 Å². The van der Waals surface area contributed by atoms with Crippen LogP contribution in [-0.2, 0) is 0 Å². The van der Waals surface area contributed by atoms with E-state index in [1.807, 2.05) is 0 Å². The summed E-state index contributed by atoms with van der Waals surface area (Å²) in [6.45, 7) is 0. The number of halogens is 2. The van der Waals surface area contributed by atoms with Crippen LogP contribution in [0.15, 0.2) is 28.9 Å². The summed E-state index contributed by atoms with van der Waals surface area (Å²) in [7, 11) is 0. The first-order valence-electron chi connectivity index (χ1n) is 5.98. The fourth-order valence-corrected chi connectivity index (χ4v) is 2.27. The zero-order valence-electron chi connectivity index (χ0n) is 9.73. The Balaban J connectivity index is 1.85. The van der Waals surface area contributed by atoms with E-state index in [4.69, 9.17) is 4.52 Å². The predicted molar refractivity (Wildman–Crippen MR) is 60.1 cm³/mol. The maximum absolute atomic E-state index is 13.1. The number of para-hydroxylation sites is 1. The molecule has 2 aliphatic rings. The van der Waals surface area contributed by atoms with Gasteiger partial charge in [-0.05, 0) is 18.9 Å². The first kappa shape index (κ1) is 10.8. The fourth-order valence-electron chi connectivity index (χ4n) is 2.27. The smallest absolute Gasteiger partial charge is 0.395 e. The van der Waals surface area contributed by atoms with E-state index in [1.165, 1.54) is 12.3 Å². The van der Waals surface area contributed by atoms with Gasteiger partial charge in [0.25, 0.3) is 0 Å². The Morgan fingerprint density at radius 1 is 1.16 bits per heavy atom. The minimum atomic E-state index is -3.62. The largest absolute Gasteiger partial charge is 0.586 e. The van der Waals surface area contributed by atoms with Gasteiger partial charge < -0.3 is 14.0 Å². The third kappa shape index (κ3) is 1.67. The van der Waals surface area contributed by atoms with E-state index in [2.05, 4.69) is 14.6 Å². The third-order valence-electron chi connectivity index (χ3n) is 3.27. The maximum atomic E-state index is 13.1. The molecule has 2 aromatic rings. The van der Waals surface area contributed by atoms with Crippen molar-refractivity contribution in [1.29, 1.82) is 0 Å². The van der Waals surface area contributed by atoms with Gasteiger partial charge in [-0.1, -0.05) is 17.3 Å². The van der Waals surface area contributed by atoms with Crippen molar-refractivity contribution in [3.8, 4) is 22.6 Å². The average molecular weight is 265 g/mol. The molecule has 1 aromatic heterocycles. The summed E-state index contributed by atoms with van der Waals surface area (Å²) in [6, 6.07) is 4.79. The van der Waals surface area contributed by atoms with Crippen molar-refractivity contribution in [3.05, 3.63) is 30.2 Å². The molecule has 1 aliphatic carbocycles. The van der Waals surface area contributed by atoms with Gasteiger partial charge in [0.2, 0.25) is 0 Å². The molecule has 19 heavy (non-hydrogen) atoms. The number of hydrogen-bond donors (Lipinski definition) is 0. The molecule has 0 saturated heterocycles. The molecule has 0 radical (unpaired) electrons. The molecule has 1 saturated carbocycles. The number of ether oxygens (including phenoxy) is 2. The number of aromatic nitrogens is 1. The molecule has 1 aliphatic heterocycles. The van der Waals surface area contributed by atoms with Crippen LogP contribution in [0.4, 0.5) is 8.78 Å². The van der Waals surface area contributed by atoms with E-state index in [-0.39, 0.29) is 11.5 Å². The second-order valence-corrected chi connectivity index (χ2v) is 4.68. The molecule has 0 spiro atoms. The molecule has 1 aromatic carbocycles. The van der Waals surface area contributed by atoms with Gasteiger partial charge in [0.05, 0.1) is 6.20 Å². The van der Waals surface area contributed by atoms with Crippen LogP contribution in [0.5, 0.6) is 11.5 Å². The van der Waals surface area contributed by atoms with Crippen LogP contribution in [0, 0.1) is 0 Å². The quantitative estimate of drug-likeness (QED) is 0.833. The van der Waals surface area contributed by atoms with Crippen molar-refractivity contribution in [1.82, 2.24) is 5.16 Å². The van der Waals surface area contributed by atoms with E-state index < -0.39 is 6.29 Å². The van der Waals surface area contributed by atoms with E-state index in [0.717, 1.165) is 18.6 Å². The number of fused-ring (bicyclic) bond motifs is 1. The standard InChI is InChI=1S/C13H9F2NO3/c14-13(15)17-10-3-1-2-8(12(10)18-13)9-6-16-19-11(9)7-4-5-7/h1-3,6-7H,4-5H2. The van der Waals surface area contributed by atoms with Crippen molar-refractivity contribution >= 4 is 0 Å². The van der Waals surface area contributed by atoms with Crippen molar-refractivity contribution in [2.75, 3.05) is 0 Å². The Bertz CT molecular complexity index is 649. The van der Waals surface area contributed by atoms with Crippen molar-refractivity contribution in [2.45, 2.75) is 25.1 Å². The zero-order valence-corrected chi connectivity index (χ0v) is 9.73. The highest BCUT2D eigenvalue weighted by molar-refractivity contribution is 5.75. The highest BCUT2D eigenvalue weighted by atomic mass is 19.3. The molecular formula is C13H9F2NO3. The topological polar surface area (TPSA) is 44.5 Å². The SMILES string of the molecule is FC1(F)Oc2cccc(-c3cnoc3C3CC3)c2O1. The molecule has 0 bridgehead atoms. The molecule has 1 fully saturated rings. The Morgan fingerprint density at radius 3 is 2.79 bits per heavy atom. The monoisotopic (exact) mass is 265 g/mol. The Morgan fingerprint density at radius 2 is 2.00 bits per heavy atom. The highest BCUT2D eigenvalue weighted by Gasteiger charge is 2.45. The van der Waals surface area contributed by atoms with E-state index >= 15 is 0 Å². The highest BCUT2D eigenvalue weighted by Crippen LogP contribution is 2.50. The molecular weight excluding hydrogens is 256 g/mol. The maximum Gasteiger partial charge on any atom is 0.586 e. The van der Waals surface area contributed by atoms with E-state index in [1.54, 1.807) is 12.1 Å². The van der Waals surface area contributed by atoms with Gasteiger partial charge in [-0.3, -0.25) is 0 Å². The second-order valence-electron chi connectivity index (χ2n) is 4.68. The van der Waals surface area contributed by atoms with Crippen LogP contribution in [0.1, 0.15) is 24.5 Å². The predicted octanol–water partition coefficient (Wildman–Crippen LogP) is 3.54. The van der Waals surface area contributed by atoms with Gasteiger partial charge in [0.1, 0.15) is 5.76 Å². The lowest BCUT2D eigenvalue weighted by molar-refractivity contribution is -0.286. The van der Waals surface area contributed by atoms with Crippen molar-refractivity contribution in [2.24, 2.45) is 0 Å². The van der Waals surface area contributed by atoms with Crippen LogP contribution >= 0.6 is 0 Å². The minimum absolute atomic E-state index is 0.0328. The van der Waals surface area contributed by atoms with Gasteiger partial charge in [0.15, 0.2) is 11.5 Å². The normalized spacial score (nSPS) is 19.7. The van der Waals surface area contributed by atoms with E-state index in [9.17, 15) is 8.78 Å². The molecule has 0 atom stereocenters. The Hall–Kier alpha value is -2.11. The van der Waals surface area contributed by atoms with Crippen LogP contribution < -0.4 is 9.47 Å². The van der Waals surface area contributed by atoms with Crippen molar-refractivity contribution in [3.63, 3.8) is 0 Å². The minimum Gasteiger partial charge on any atom is -0.395 e. The molecule has 2 heterocycles. The average Bonchev–Trinajstić information content (AvgIpc) is 2.99. The van der Waals surface area contributed by atoms with Crippen LogP contribution in [0.25, 0.3) is 11.1 Å². The van der Waals surface area contributed by atoms with Gasteiger partial charge >= 0.3 is 6.29 Å². The van der Waals surface area contributed by atoms with Gasteiger partial charge in [0, 0.05) is 17.0 Å². The van der Waals surface area contributed by atoms with Gasteiger partial charge in [-0.2, -0.15) is 0 Å². The van der Waals surface area contributed by atoms with Crippen LogP contribution in [0.2, 0.25) is 0 Å². The molecule has 98 valence electrons. The molecule has 0 N–H and O–H groups in total. The fraction of sp³-hybridized carbons (Fsp3) is 0.308. The summed E-state index contributed by atoms with van der Waals surface area (Å²) < 4.78 is 40.5. The Kier molecular flexibility index (Phi) is 1.97. The van der Waals surface area contributed by atoms with E-state index in [0.29, 0.717) is 17.0 Å². The first-order valence-corrected chi connectivity index (χ1v) is 5.98. The lowest BCUT2D eigenvalue weighted by Gasteiger charge is -2.06. The molecule has 4 rings (SSSR count). The summed E-state index contributed by atoms with van der Waals surface area (Å²) in [5.41, 5.74) is 1.22. The number of nitrogens with zero attached hydrogens (tertiary/aromatic N) is 1. The summed E-state index contributed by atoms with van der Waals surface area (Å²) in [5, 5.41) is 3.76. The molecule has 6 heteroatoms. The van der Waals surface area contributed by atoms with Crippen molar-refractivity contribution < 1.29 is 22.8 Å². The summed E-state index contributed by atoms with van der Waals surface area (Å²) in [5.74, 6) is 1.13. The summed E-state index contributed by atoms with van der Waals surface area (Å²) >= 11 is 0. The van der Waals surface area contributed by atoms with Crippen LogP contribution in [0.3, 0.4) is 0 Å². The number of hydrogen-bond acceptors (Lipinski definition) is 4. The molecule has 4 nitrogen and oxygen atoms in total. The Labute approximate surface area is 106 Å². The van der Waals surface area contributed by atoms with Crippen LogP contribution in [-0.4, -0.2) is 11.5 Å². The number of benzene rings is 1. The molecule has 0 unspecified atom stereocenters. The van der Waals surface area contributed by atoms with Gasteiger partial charge in [-0.15, -0.1) is 8.78 Å². The third-order valence-corrected chi connectivity index (χ3v) is 3.27. The summed E-state index contributed by atoms with van der Waals surface area (Å²) in [4.78, 5) is 0. The second kappa shape index (κ2) is 3.46. The number of rotatable bonds is 2.